The molecular formula is C104H151BrN12O13S. The summed E-state index contributed by atoms with van der Waals surface area (Å²) in [6.45, 7) is 33.6. The number of para-hydroxylation sites is 3. The standard InChI is InChI=1S/C37H54N6O5.C33H46BrN3O4.C33H47N3O4S.CH4/c1-8-9-15-26(34-38-23-39-41-34)19-32(44)30(18-28-22-42(36(47)48-7)31-17-11-10-16-29(28)31)40-35(46)27(21-37(4,5)6)20-33(45)43-24(2)13-12-14-25(43)3;1-7-11-24(23(6)38)17-30(39)29(19-27-26-14-8-9-15-28(26)35-32(27)34)36-33(41)25(16-20(2)3)18-31(40)37-21(4)12-10-13-22(37)5;1-20-9-8-10-21(2)36(20)32(39)19-28(24-13-14-24)33(40)35-30(31(38)17-25(23(4)37)15-16-41-5)18-27-22(3)34-29-12-7-6-11-26(27)29;/h10-11,16-17,22-27,30H,8-9,12-15,18-21H2,1-7H3,(H,40,46)(H,38,39,41);7-9,14-15,20-22,24-25,29,35H,1,10-13,16-19H2,2-6H3,(H,36,41);6-7,11-12,20-21,24-25,28,30,34H,8-10,13-19H2,1-5H3,(H,35,40);1H4/t24-,25+,26-,27-,30+;21-,22+,24-,25+,29+;20-,21+,25-,28-,30+;/m000./s1. The average Bonchev–Trinajstić information content (AvgIpc) is 1.70. The Kier molecular flexibility index (Phi) is 41.4. The summed E-state index contributed by atoms with van der Waals surface area (Å²) in [7, 11) is 1.32. The number of carbonyl (C=O) groups is 12. The number of likely N-dealkylation sites (tertiary alicyclic amines) is 3. The summed E-state index contributed by atoms with van der Waals surface area (Å²) in [5.74, 6) is -2.17. The number of hydrogen-bond donors (Lipinski definition) is 6. The number of ether oxygens (including phenoxy) is 1. The van der Waals surface area contributed by atoms with Crippen LogP contribution in [0.1, 0.15) is 293 Å². The van der Waals surface area contributed by atoms with Crippen LogP contribution in [0.15, 0.2) is 103 Å². The van der Waals surface area contributed by atoms with Crippen LogP contribution in [0.5, 0.6) is 0 Å². The fourth-order valence-electron chi connectivity index (χ4n) is 20.0. The van der Waals surface area contributed by atoms with Gasteiger partial charge in [-0.15, -0.1) is 6.58 Å². The monoisotopic (exact) mass is 1890 g/mol. The van der Waals surface area contributed by atoms with Gasteiger partial charge in [-0.3, -0.25) is 62.4 Å². The molecule has 11 rings (SSSR count). The van der Waals surface area contributed by atoms with Gasteiger partial charge in [0.25, 0.3) is 0 Å². The number of nitrogens with zero attached hydrogens (tertiary/aromatic N) is 6. The predicted molar refractivity (Wildman–Crippen MR) is 526 cm³/mol. The topological polar surface area (TPSA) is 338 Å². The van der Waals surface area contributed by atoms with E-state index in [1.807, 2.05) is 115 Å². The van der Waals surface area contributed by atoms with E-state index in [4.69, 9.17) is 4.74 Å². The first-order valence-electron chi connectivity index (χ1n) is 47.7. The van der Waals surface area contributed by atoms with E-state index >= 15 is 0 Å². The summed E-state index contributed by atoms with van der Waals surface area (Å²) >= 11 is 5.26. The van der Waals surface area contributed by atoms with Gasteiger partial charge >= 0.3 is 6.09 Å². The number of halogens is 1. The van der Waals surface area contributed by atoms with E-state index in [0.717, 1.165) is 150 Å². The zero-order chi connectivity index (χ0) is 95.0. The summed E-state index contributed by atoms with van der Waals surface area (Å²) in [5.41, 5.74) is 5.92. The largest absolute Gasteiger partial charge is 0.452 e. The highest BCUT2D eigenvalue weighted by Gasteiger charge is 2.44. The van der Waals surface area contributed by atoms with Crippen molar-refractivity contribution in [2.45, 2.75) is 345 Å². The molecule has 25 nitrogen and oxygen atoms in total. The minimum Gasteiger partial charge on any atom is -0.452 e. The second-order valence-electron chi connectivity index (χ2n) is 39.3. The Morgan fingerprint density at radius 3 is 1.54 bits per heavy atom. The van der Waals surface area contributed by atoms with Crippen molar-refractivity contribution in [2.75, 3.05) is 19.1 Å². The molecule has 0 bridgehead atoms. The second kappa shape index (κ2) is 50.6. The SMILES string of the molecule is C.C=CC[C@@H](CC(=O)[C@@H](Cc1c(Br)[nH]c2ccccc12)NC(=O)[C@@H](CC(=O)N1[C@H](C)CCC[C@@H]1C)CC(C)C)C(C)=O.CCCC[C@@H](CC(=O)[C@@H](Cc1cn(C(=O)OC)c2ccccc12)NC(=O)[C@@H](CC(=O)N1[C@H](C)CCC[C@@H]1C)CC(C)(C)C)c1ncn[nH]1.CSCC[C@@H](CC(=O)[C@@H](Cc1c(C)[nH]c2ccccc12)NC(=O)[C@@H](CC(=O)N1[C@H](C)CCC[C@@H]1C)C1CC1)C(C)=O. The third-order valence-corrected chi connectivity index (χ3v) is 28.5. The van der Waals surface area contributed by atoms with Crippen LogP contribution < -0.4 is 16.0 Å². The number of rotatable bonds is 42. The molecular weight excluding hydrogens is 1740 g/mol. The molecule has 6 N–H and O–H groups in total. The number of unbranched alkanes of at least 4 members (excludes halogenated alkanes) is 1. The Labute approximate surface area is 790 Å². The molecule has 131 heavy (non-hydrogen) atoms. The minimum absolute atomic E-state index is 0. The van der Waals surface area contributed by atoms with Crippen molar-refractivity contribution in [3.63, 3.8) is 0 Å². The van der Waals surface area contributed by atoms with Crippen LogP contribution in [0.3, 0.4) is 0 Å². The molecule has 3 aliphatic heterocycles. The van der Waals surface area contributed by atoms with E-state index in [1.165, 1.54) is 24.9 Å². The van der Waals surface area contributed by atoms with Crippen LogP contribution >= 0.6 is 27.7 Å². The van der Waals surface area contributed by atoms with Crippen molar-refractivity contribution in [3.8, 4) is 0 Å². The Morgan fingerprint density at radius 2 is 1.05 bits per heavy atom. The van der Waals surface area contributed by atoms with Crippen LogP contribution in [-0.4, -0.2) is 188 Å². The number of aryl methyl sites for hydroxylation is 1. The molecule has 0 radical (unpaired) electrons. The molecule has 4 aliphatic rings. The first-order chi connectivity index (χ1) is 61.8. The van der Waals surface area contributed by atoms with Gasteiger partial charge in [-0.05, 0) is 245 Å². The van der Waals surface area contributed by atoms with E-state index in [0.29, 0.717) is 43.4 Å². The fraction of sp³-hybridized carbons (Fsp3) is 0.615. The zero-order valence-electron chi connectivity index (χ0n) is 80.3. The maximum atomic E-state index is 14.3. The lowest BCUT2D eigenvalue weighted by Crippen LogP contribution is -2.50. The highest BCUT2D eigenvalue weighted by atomic mass is 79.9. The Bertz CT molecular complexity index is 4990. The Morgan fingerprint density at radius 1 is 0.588 bits per heavy atom. The van der Waals surface area contributed by atoms with Crippen molar-refractivity contribution in [3.05, 3.63) is 131 Å². The number of allylic oxidation sites excluding steroid dienone is 1. The third kappa shape index (κ3) is 30.1. The molecule has 3 aromatic carbocycles. The van der Waals surface area contributed by atoms with Gasteiger partial charge in [0.15, 0.2) is 17.3 Å². The molecule has 7 heterocycles. The van der Waals surface area contributed by atoms with E-state index in [9.17, 15) is 57.5 Å². The number of methoxy groups -OCH3 is 1. The van der Waals surface area contributed by atoms with E-state index in [-0.39, 0.29) is 188 Å². The number of benzene rings is 3. The number of hydrogen-bond acceptors (Lipinski definition) is 16. The van der Waals surface area contributed by atoms with Crippen molar-refractivity contribution < 1.29 is 62.3 Å². The molecule has 0 spiro atoms. The molecule has 718 valence electrons. The number of carbonyl (C=O) groups excluding carboxylic acids is 12. The molecule has 6 amide bonds. The number of fused-ring (bicyclic) bond motifs is 3. The van der Waals surface area contributed by atoms with Crippen LogP contribution in [0.4, 0.5) is 4.79 Å². The van der Waals surface area contributed by atoms with Gasteiger partial charge in [0, 0.05) is 169 Å². The van der Waals surface area contributed by atoms with Gasteiger partial charge in [-0.1, -0.05) is 122 Å². The number of H-pyrrole nitrogens is 3. The van der Waals surface area contributed by atoms with Crippen LogP contribution in [-0.2, 0) is 76.7 Å². The summed E-state index contributed by atoms with van der Waals surface area (Å²) in [6.07, 6.45) is 23.3. The maximum Gasteiger partial charge on any atom is 0.418 e. The van der Waals surface area contributed by atoms with Gasteiger partial charge in [-0.25, -0.2) is 9.78 Å². The number of aromatic amines is 3. The summed E-state index contributed by atoms with van der Waals surface area (Å²) < 4.78 is 7.20. The lowest BCUT2D eigenvalue weighted by molar-refractivity contribution is -0.142. The van der Waals surface area contributed by atoms with Gasteiger partial charge in [-0.2, -0.15) is 16.9 Å². The van der Waals surface area contributed by atoms with Crippen molar-refractivity contribution in [1.82, 2.24) is 60.4 Å². The number of nitrogens with one attached hydrogen (secondary N) is 6. The van der Waals surface area contributed by atoms with Crippen molar-refractivity contribution in [2.24, 2.45) is 46.8 Å². The molecule has 0 unspecified atom stereocenters. The average molecular weight is 1890 g/mol. The van der Waals surface area contributed by atoms with Gasteiger partial charge in [0.2, 0.25) is 35.4 Å². The first kappa shape index (κ1) is 107. The van der Waals surface area contributed by atoms with Crippen molar-refractivity contribution in [1.29, 1.82) is 0 Å². The molecule has 1 aliphatic carbocycles. The Hall–Kier alpha value is -9.37. The smallest absolute Gasteiger partial charge is 0.418 e. The maximum absolute atomic E-state index is 14.3. The fourth-order valence-corrected chi connectivity index (χ4v) is 21.1. The lowest BCUT2D eigenvalue weighted by atomic mass is 9.81. The molecule has 1 saturated carbocycles. The minimum atomic E-state index is -0.896. The number of ketones is 5. The van der Waals surface area contributed by atoms with Gasteiger partial charge in [0.05, 0.1) is 35.4 Å². The highest BCUT2D eigenvalue weighted by Crippen LogP contribution is 2.41. The van der Waals surface area contributed by atoms with E-state index in [1.54, 1.807) is 31.0 Å². The third-order valence-electron chi connectivity index (χ3n) is 27.2. The van der Waals surface area contributed by atoms with Crippen molar-refractivity contribution >= 4 is 131 Å². The molecule has 7 aromatic rings. The number of thioether (sulfide) groups is 1. The van der Waals surface area contributed by atoms with E-state index in [2.05, 4.69) is 133 Å². The van der Waals surface area contributed by atoms with Crippen LogP contribution in [0, 0.1) is 53.8 Å². The van der Waals surface area contributed by atoms with Gasteiger partial charge < -0.3 is 45.4 Å². The van der Waals surface area contributed by atoms with Gasteiger partial charge in [0.1, 0.15) is 23.7 Å². The summed E-state index contributed by atoms with van der Waals surface area (Å²) in [6, 6.07) is 21.6. The molecule has 3 saturated heterocycles. The Balaban J connectivity index is 0.000000242. The molecule has 15 atom stereocenters. The first-order valence-corrected chi connectivity index (χ1v) is 49.9. The van der Waals surface area contributed by atoms with Crippen LogP contribution in [0.2, 0.25) is 0 Å². The number of Topliss-reactive ketones (excluding diaryl/α,β-unsaturated/α-hetero) is 5. The number of piperidine rings is 3. The quantitative estimate of drug-likeness (QED) is 0.0194. The normalized spacial score (nSPS) is 19.6. The lowest BCUT2D eigenvalue weighted by Gasteiger charge is -2.40. The predicted octanol–water partition coefficient (Wildman–Crippen LogP) is 19.4. The molecule has 4 aromatic heterocycles. The van der Waals surface area contributed by atoms with E-state index < -0.39 is 47.9 Å². The second-order valence-corrected chi connectivity index (χ2v) is 41.1. The highest BCUT2D eigenvalue weighted by molar-refractivity contribution is 9.10. The number of amides is 6. The summed E-state index contributed by atoms with van der Waals surface area (Å²) in [5, 5.41) is 19.0. The zero-order valence-corrected chi connectivity index (χ0v) is 82.7. The molecule has 27 heteroatoms. The number of aromatic nitrogens is 6. The summed E-state index contributed by atoms with van der Waals surface area (Å²) in [4.78, 5) is 179. The molecule has 4 fully saturated rings. The van der Waals surface area contributed by atoms with Crippen LogP contribution in [0.25, 0.3) is 32.7 Å².